The minimum atomic E-state index is -0.457. The summed E-state index contributed by atoms with van der Waals surface area (Å²) in [6.07, 6.45) is 0.217. The molecule has 1 aromatic heterocycles. The van der Waals surface area contributed by atoms with Gasteiger partial charge in [-0.25, -0.2) is 0 Å². The van der Waals surface area contributed by atoms with Crippen LogP contribution in [0.5, 0.6) is 0 Å². The van der Waals surface area contributed by atoms with E-state index in [1.54, 1.807) is 18.9 Å². The molecule has 1 atom stereocenters. The first-order valence-corrected chi connectivity index (χ1v) is 6.68. The molecular weight excluding hydrogens is 260 g/mol. The molecule has 1 aliphatic heterocycles. The number of carbonyl (C=O) groups excluding carboxylic acids is 2. The van der Waals surface area contributed by atoms with Gasteiger partial charge in [-0.15, -0.1) is 0 Å². The van der Waals surface area contributed by atoms with E-state index >= 15 is 0 Å². The van der Waals surface area contributed by atoms with E-state index in [0.717, 1.165) is 11.3 Å². The molecule has 20 heavy (non-hydrogen) atoms. The van der Waals surface area contributed by atoms with Crippen molar-refractivity contribution in [1.82, 2.24) is 20.7 Å². The lowest BCUT2D eigenvalue weighted by Crippen LogP contribution is -2.59. The van der Waals surface area contributed by atoms with Gasteiger partial charge in [0.1, 0.15) is 11.8 Å². The maximum Gasteiger partial charge on any atom is 0.243 e. The average Bonchev–Trinajstić information content (AvgIpc) is 2.78. The molecule has 0 bridgehead atoms. The van der Waals surface area contributed by atoms with E-state index in [9.17, 15) is 9.59 Å². The molecule has 110 valence electrons. The standard InChI is InChI=1S/C13H20N4O3/c1-8-10(9(2)20-16-8)6-12(18)17-5-4-15-7-11(17)13(19)14-3/h11,15H,4-7H2,1-3H3,(H,14,19). The largest absolute Gasteiger partial charge is 0.361 e. The van der Waals surface area contributed by atoms with Crippen molar-refractivity contribution in [3.8, 4) is 0 Å². The predicted octanol–water partition coefficient (Wildman–Crippen LogP) is -0.620. The van der Waals surface area contributed by atoms with Gasteiger partial charge in [0.2, 0.25) is 11.8 Å². The molecular formula is C13H20N4O3. The molecule has 2 heterocycles. The molecule has 0 saturated carbocycles. The van der Waals surface area contributed by atoms with E-state index in [1.165, 1.54) is 0 Å². The van der Waals surface area contributed by atoms with Gasteiger partial charge in [0.15, 0.2) is 0 Å². The van der Waals surface area contributed by atoms with Crippen molar-refractivity contribution in [2.45, 2.75) is 26.3 Å². The number of nitrogens with one attached hydrogen (secondary N) is 2. The second-order valence-corrected chi connectivity index (χ2v) is 4.90. The SMILES string of the molecule is CNC(=O)C1CNCCN1C(=O)Cc1c(C)noc1C. The van der Waals surface area contributed by atoms with E-state index in [-0.39, 0.29) is 18.2 Å². The molecule has 2 rings (SSSR count). The monoisotopic (exact) mass is 280 g/mol. The zero-order chi connectivity index (χ0) is 14.7. The Bertz CT molecular complexity index is 492. The lowest BCUT2D eigenvalue weighted by atomic mass is 10.1. The summed E-state index contributed by atoms with van der Waals surface area (Å²) in [5.41, 5.74) is 1.53. The average molecular weight is 280 g/mol. The lowest BCUT2D eigenvalue weighted by Gasteiger charge is -2.35. The van der Waals surface area contributed by atoms with Gasteiger partial charge in [-0.05, 0) is 13.8 Å². The van der Waals surface area contributed by atoms with Crippen LogP contribution in [0.15, 0.2) is 4.52 Å². The number of likely N-dealkylation sites (N-methyl/N-ethyl adjacent to an activating group) is 1. The molecule has 1 saturated heterocycles. The first kappa shape index (κ1) is 14.5. The van der Waals surface area contributed by atoms with Crippen LogP contribution in [-0.4, -0.2) is 54.6 Å². The van der Waals surface area contributed by atoms with Crippen LogP contribution in [-0.2, 0) is 16.0 Å². The molecule has 1 fully saturated rings. The Balaban J connectivity index is 2.12. The van der Waals surface area contributed by atoms with Crippen molar-refractivity contribution in [3.63, 3.8) is 0 Å². The molecule has 1 aromatic rings. The number of piperazine rings is 1. The third-order valence-electron chi connectivity index (χ3n) is 3.62. The van der Waals surface area contributed by atoms with E-state index in [2.05, 4.69) is 15.8 Å². The number of nitrogens with zero attached hydrogens (tertiary/aromatic N) is 2. The number of carbonyl (C=O) groups is 2. The third-order valence-corrected chi connectivity index (χ3v) is 3.62. The molecule has 2 N–H and O–H groups in total. The van der Waals surface area contributed by atoms with Crippen LogP contribution in [0.25, 0.3) is 0 Å². The predicted molar refractivity (Wildman–Crippen MR) is 72.1 cm³/mol. The van der Waals surface area contributed by atoms with Crippen molar-refractivity contribution < 1.29 is 14.1 Å². The number of rotatable bonds is 3. The van der Waals surface area contributed by atoms with E-state index in [1.807, 2.05) is 6.92 Å². The van der Waals surface area contributed by atoms with E-state index in [4.69, 9.17) is 4.52 Å². The first-order chi connectivity index (χ1) is 9.54. The highest BCUT2D eigenvalue weighted by molar-refractivity contribution is 5.88. The van der Waals surface area contributed by atoms with Crippen molar-refractivity contribution in [2.24, 2.45) is 0 Å². The summed E-state index contributed by atoms with van der Waals surface area (Å²) in [7, 11) is 1.58. The molecule has 0 aliphatic carbocycles. The van der Waals surface area contributed by atoms with Crippen molar-refractivity contribution in [3.05, 3.63) is 17.0 Å². The number of amides is 2. The Labute approximate surface area is 117 Å². The smallest absolute Gasteiger partial charge is 0.243 e. The summed E-state index contributed by atoms with van der Waals surface area (Å²) in [4.78, 5) is 25.9. The Morgan fingerprint density at radius 3 is 2.85 bits per heavy atom. The van der Waals surface area contributed by atoms with Crippen LogP contribution in [0.3, 0.4) is 0 Å². The highest BCUT2D eigenvalue weighted by atomic mass is 16.5. The fraction of sp³-hybridized carbons (Fsp3) is 0.615. The molecule has 0 spiro atoms. The molecule has 2 amide bonds. The topological polar surface area (TPSA) is 87.5 Å². The number of aryl methyl sites for hydroxylation is 2. The van der Waals surface area contributed by atoms with E-state index < -0.39 is 6.04 Å². The summed E-state index contributed by atoms with van der Waals surface area (Å²) >= 11 is 0. The normalized spacial score (nSPS) is 18.9. The fourth-order valence-electron chi connectivity index (χ4n) is 2.41. The Morgan fingerprint density at radius 2 is 2.25 bits per heavy atom. The molecule has 7 nitrogen and oxygen atoms in total. The Hall–Kier alpha value is -1.89. The maximum atomic E-state index is 12.4. The number of hydrogen-bond donors (Lipinski definition) is 2. The lowest BCUT2D eigenvalue weighted by molar-refractivity contribution is -0.140. The quantitative estimate of drug-likeness (QED) is 0.770. The Kier molecular flexibility index (Phi) is 4.39. The van der Waals surface area contributed by atoms with Crippen LogP contribution < -0.4 is 10.6 Å². The van der Waals surface area contributed by atoms with Crippen molar-refractivity contribution in [1.29, 1.82) is 0 Å². The highest BCUT2D eigenvalue weighted by Gasteiger charge is 2.32. The second-order valence-electron chi connectivity index (χ2n) is 4.90. The molecule has 1 unspecified atom stereocenters. The van der Waals surface area contributed by atoms with Gasteiger partial charge in [-0.3, -0.25) is 9.59 Å². The van der Waals surface area contributed by atoms with Gasteiger partial charge in [0, 0.05) is 32.2 Å². The summed E-state index contributed by atoms with van der Waals surface area (Å²) in [5.74, 6) is 0.432. The second kappa shape index (κ2) is 6.04. The van der Waals surface area contributed by atoms with Crippen LogP contribution >= 0.6 is 0 Å². The summed E-state index contributed by atoms with van der Waals surface area (Å²) in [6, 6.07) is -0.457. The molecule has 1 aliphatic rings. The minimum absolute atomic E-state index is 0.0745. The fourth-order valence-corrected chi connectivity index (χ4v) is 2.41. The first-order valence-electron chi connectivity index (χ1n) is 6.68. The van der Waals surface area contributed by atoms with Crippen LogP contribution in [0.4, 0.5) is 0 Å². The van der Waals surface area contributed by atoms with Gasteiger partial charge in [-0.1, -0.05) is 5.16 Å². The minimum Gasteiger partial charge on any atom is -0.361 e. The van der Waals surface area contributed by atoms with Crippen molar-refractivity contribution in [2.75, 3.05) is 26.7 Å². The molecule has 7 heteroatoms. The third kappa shape index (κ3) is 2.82. The van der Waals surface area contributed by atoms with Gasteiger partial charge in [-0.2, -0.15) is 0 Å². The zero-order valence-electron chi connectivity index (χ0n) is 12.0. The van der Waals surface area contributed by atoms with Gasteiger partial charge < -0.3 is 20.1 Å². The van der Waals surface area contributed by atoms with Gasteiger partial charge in [0.05, 0.1) is 12.1 Å². The Morgan fingerprint density at radius 1 is 1.50 bits per heavy atom. The van der Waals surface area contributed by atoms with Gasteiger partial charge >= 0.3 is 0 Å². The van der Waals surface area contributed by atoms with Crippen LogP contribution in [0.2, 0.25) is 0 Å². The summed E-state index contributed by atoms with van der Waals surface area (Å²) < 4.78 is 5.07. The van der Waals surface area contributed by atoms with Crippen LogP contribution in [0, 0.1) is 13.8 Å². The number of aromatic nitrogens is 1. The van der Waals surface area contributed by atoms with E-state index in [0.29, 0.717) is 25.4 Å². The van der Waals surface area contributed by atoms with Gasteiger partial charge in [0.25, 0.3) is 0 Å². The van der Waals surface area contributed by atoms with Crippen LogP contribution in [0.1, 0.15) is 17.0 Å². The molecule has 0 radical (unpaired) electrons. The summed E-state index contributed by atoms with van der Waals surface area (Å²) in [5, 5.41) is 9.58. The zero-order valence-corrected chi connectivity index (χ0v) is 12.0. The van der Waals surface area contributed by atoms with Crippen molar-refractivity contribution >= 4 is 11.8 Å². The molecule has 0 aromatic carbocycles. The number of hydrogen-bond acceptors (Lipinski definition) is 5. The summed E-state index contributed by atoms with van der Waals surface area (Å²) in [6.45, 7) is 5.30. The highest BCUT2D eigenvalue weighted by Crippen LogP contribution is 2.15. The maximum absolute atomic E-state index is 12.4.